The first-order valence-electron chi connectivity index (χ1n) is 8.93. The highest BCUT2D eigenvalue weighted by atomic mass is 79.9. The van der Waals surface area contributed by atoms with Crippen LogP contribution < -0.4 is 5.56 Å². The summed E-state index contributed by atoms with van der Waals surface area (Å²) < 4.78 is 7.02. The summed E-state index contributed by atoms with van der Waals surface area (Å²) in [6.45, 7) is 1.91. The number of hydrogen-bond acceptors (Lipinski definition) is 6. The minimum absolute atomic E-state index is 0.0407. The Bertz CT molecular complexity index is 1110. The van der Waals surface area contributed by atoms with Gasteiger partial charge in [0, 0.05) is 16.6 Å². The molecule has 3 aromatic rings. The van der Waals surface area contributed by atoms with Gasteiger partial charge in [-0.25, -0.2) is 4.98 Å². The Kier molecular flexibility index (Phi) is 6.87. The van der Waals surface area contributed by atoms with Gasteiger partial charge in [0.25, 0.3) is 5.56 Å². The molecule has 8 heteroatoms. The molecule has 1 aromatic heterocycles. The van der Waals surface area contributed by atoms with Gasteiger partial charge in [0.2, 0.25) is 0 Å². The number of methoxy groups -OCH3 is 1. The first-order chi connectivity index (χ1) is 13.9. The number of fused-ring (bicyclic) bond motifs is 1. The van der Waals surface area contributed by atoms with E-state index in [0.29, 0.717) is 21.6 Å². The summed E-state index contributed by atoms with van der Waals surface area (Å²) in [5.41, 5.74) is 0.889. The maximum absolute atomic E-state index is 13.0. The molecule has 0 aliphatic rings. The number of aromatic nitrogens is 2. The molecule has 0 saturated heterocycles. The van der Waals surface area contributed by atoms with Crippen molar-refractivity contribution in [3.8, 4) is 0 Å². The van der Waals surface area contributed by atoms with Gasteiger partial charge in [-0.2, -0.15) is 0 Å². The third-order valence-electron chi connectivity index (χ3n) is 4.37. The molecule has 150 valence electrons. The summed E-state index contributed by atoms with van der Waals surface area (Å²) in [4.78, 5) is 42.0. The third kappa shape index (κ3) is 4.94. The molecule has 0 saturated carbocycles. The predicted molar refractivity (Wildman–Crippen MR) is 116 cm³/mol. The average molecular weight is 475 g/mol. The fourth-order valence-corrected chi connectivity index (χ4v) is 4.08. The van der Waals surface area contributed by atoms with Crippen molar-refractivity contribution in [1.29, 1.82) is 0 Å². The molecule has 29 heavy (non-hydrogen) atoms. The lowest BCUT2D eigenvalue weighted by molar-refractivity contribution is -0.140. The van der Waals surface area contributed by atoms with E-state index in [1.807, 2.05) is 12.1 Å². The van der Waals surface area contributed by atoms with Crippen LogP contribution >= 0.6 is 27.7 Å². The summed E-state index contributed by atoms with van der Waals surface area (Å²) in [6.07, 6.45) is 0.0407. The van der Waals surface area contributed by atoms with E-state index in [-0.39, 0.29) is 24.3 Å². The number of nitrogens with zero attached hydrogens (tertiary/aromatic N) is 2. The monoisotopic (exact) mass is 474 g/mol. The Morgan fingerprint density at radius 2 is 1.86 bits per heavy atom. The summed E-state index contributed by atoms with van der Waals surface area (Å²) >= 11 is 4.56. The summed E-state index contributed by atoms with van der Waals surface area (Å²) in [5.74, 6) is -0.482. The number of carbonyl (C=O) groups is 2. The summed E-state index contributed by atoms with van der Waals surface area (Å²) in [7, 11) is 1.30. The lowest BCUT2D eigenvalue weighted by atomic mass is 10.1. The number of rotatable bonds is 7. The smallest absolute Gasteiger partial charge is 0.307 e. The normalized spacial score (nSPS) is 12.0. The number of thioether (sulfide) groups is 1. The zero-order valence-electron chi connectivity index (χ0n) is 15.9. The quantitative estimate of drug-likeness (QED) is 0.222. The number of hydrogen-bond donors (Lipinski definition) is 0. The molecule has 2 aromatic carbocycles. The second-order valence-electron chi connectivity index (χ2n) is 6.33. The van der Waals surface area contributed by atoms with Crippen molar-refractivity contribution in [3.05, 3.63) is 68.9 Å². The molecule has 0 bridgehead atoms. The van der Waals surface area contributed by atoms with Crippen molar-refractivity contribution in [3.63, 3.8) is 0 Å². The molecule has 0 unspecified atom stereocenters. The lowest BCUT2D eigenvalue weighted by Crippen LogP contribution is -2.26. The zero-order chi connectivity index (χ0) is 21.0. The molecular weight excluding hydrogens is 456 g/mol. The number of Topliss-reactive ketones (excluding diaryl/α,β-unsaturated/α-hetero) is 1. The molecule has 1 heterocycles. The Morgan fingerprint density at radius 1 is 1.17 bits per heavy atom. The van der Waals surface area contributed by atoms with Gasteiger partial charge in [0.15, 0.2) is 10.9 Å². The van der Waals surface area contributed by atoms with Gasteiger partial charge in [-0.1, -0.05) is 52.0 Å². The maximum atomic E-state index is 13.0. The van der Waals surface area contributed by atoms with Crippen molar-refractivity contribution in [1.82, 2.24) is 9.55 Å². The van der Waals surface area contributed by atoms with Crippen molar-refractivity contribution in [2.45, 2.75) is 30.3 Å². The number of ether oxygens (including phenoxy) is 1. The summed E-state index contributed by atoms with van der Waals surface area (Å²) in [5, 5.41) is 0.401. The molecule has 0 aliphatic carbocycles. The van der Waals surface area contributed by atoms with Gasteiger partial charge in [-0.3, -0.25) is 19.0 Å². The first kappa shape index (κ1) is 21.3. The van der Waals surface area contributed by atoms with E-state index in [4.69, 9.17) is 0 Å². The van der Waals surface area contributed by atoms with Crippen LogP contribution in [0, 0.1) is 0 Å². The minimum Gasteiger partial charge on any atom is -0.469 e. The van der Waals surface area contributed by atoms with Crippen molar-refractivity contribution >= 4 is 50.3 Å². The molecular formula is C21H19BrN2O4S. The van der Waals surface area contributed by atoms with Crippen LogP contribution in [0.5, 0.6) is 0 Å². The number of carbonyl (C=O) groups excluding carboxylic acids is 2. The number of esters is 1. The van der Waals surface area contributed by atoms with Crippen LogP contribution in [0.15, 0.2) is 63.0 Å². The highest BCUT2D eigenvalue weighted by molar-refractivity contribution is 9.10. The Hall–Kier alpha value is -2.45. The first-order valence-corrected chi connectivity index (χ1v) is 10.6. The van der Waals surface area contributed by atoms with E-state index in [1.54, 1.807) is 43.3 Å². The molecule has 0 radical (unpaired) electrons. The van der Waals surface area contributed by atoms with Gasteiger partial charge < -0.3 is 4.74 Å². The fourth-order valence-electron chi connectivity index (χ4n) is 2.80. The fraction of sp³-hybridized carbons (Fsp3) is 0.238. The van der Waals surface area contributed by atoms with Gasteiger partial charge in [0.1, 0.15) is 0 Å². The largest absolute Gasteiger partial charge is 0.469 e. The maximum Gasteiger partial charge on any atom is 0.307 e. The number of benzene rings is 2. The highest BCUT2D eigenvalue weighted by Gasteiger charge is 2.21. The topological polar surface area (TPSA) is 78.3 Å². The SMILES string of the molecule is COC(=O)CCn1c(S[C@H](C)C(=O)c2ccc(Br)cc2)nc2ccccc2c1=O. The van der Waals surface area contributed by atoms with E-state index in [9.17, 15) is 14.4 Å². The highest BCUT2D eigenvalue weighted by Crippen LogP contribution is 2.25. The van der Waals surface area contributed by atoms with Crippen molar-refractivity contribution < 1.29 is 14.3 Å². The van der Waals surface area contributed by atoms with Crippen LogP contribution in [-0.2, 0) is 16.1 Å². The van der Waals surface area contributed by atoms with Crippen molar-refractivity contribution in [2.75, 3.05) is 7.11 Å². The van der Waals surface area contributed by atoms with E-state index < -0.39 is 11.2 Å². The predicted octanol–water partition coefficient (Wildman–Crippen LogP) is 4.09. The van der Waals surface area contributed by atoms with Crippen LogP contribution in [0.2, 0.25) is 0 Å². The van der Waals surface area contributed by atoms with Crippen LogP contribution in [0.3, 0.4) is 0 Å². The lowest BCUT2D eigenvalue weighted by Gasteiger charge is -2.15. The van der Waals surface area contributed by atoms with E-state index in [1.165, 1.54) is 23.4 Å². The number of halogens is 1. The Balaban J connectivity index is 1.95. The van der Waals surface area contributed by atoms with Gasteiger partial charge in [-0.15, -0.1) is 0 Å². The Labute approximate surface area is 180 Å². The van der Waals surface area contributed by atoms with Gasteiger partial charge in [0.05, 0.1) is 29.7 Å². The van der Waals surface area contributed by atoms with Crippen LogP contribution in [0.1, 0.15) is 23.7 Å². The second-order valence-corrected chi connectivity index (χ2v) is 8.55. The third-order valence-corrected chi connectivity index (χ3v) is 5.99. The zero-order valence-corrected chi connectivity index (χ0v) is 18.3. The molecule has 3 rings (SSSR count). The van der Waals surface area contributed by atoms with Gasteiger partial charge >= 0.3 is 5.97 Å². The van der Waals surface area contributed by atoms with Crippen LogP contribution in [-0.4, -0.2) is 33.7 Å². The van der Waals surface area contributed by atoms with E-state index >= 15 is 0 Å². The van der Waals surface area contributed by atoms with Gasteiger partial charge in [-0.05, 0) is 31.2 Å². The molecule has 0 spiro atoms. The van der Waals surface area contributed by atoms with Crippen LogP contribution in [0.25, 0.3) is 10.9 Å². The second kappa shape index (κ2) is 9.37. The number of para-hydroxylation sites is 1. The molecule has 0 aliphatic heterocycles. The van der Waals surface area contributed by atoms with Crippen molar-refractivity contribution in [2.24, 2.45) is 0 Å². The Morgan fingerprint density at radius 3 is 2.55 bits per heavy atom. The molecule has 1 atom stereocenters. The van der Waals surface area contributed by atoms with E-state index in [2.05, 4.69) is 25.7 Å². The summed E-state index contributed by atoms with van der Waals surface area (Å²) in [6, 6.07) is 14.2. The van der Waals surface area contributed by atoms with E-state index in [0.717, 1.165) is 4.47 Å². The molecule has 0 fully saturated rings. The van der Waals surface area contributed by atoms with Crippen LogP contribution in [0.4, 0.5) is 0 Å². The average Bonchev–Trinajstić information content (AvgIpc) is 2.73. The molecule has 6 nitrogen and oxygen atoms in total. The standard InChI is InChI=1S/C21H19BrN2O4S/c1-13(19(26)14-7-9-15(22)10-8-14)29-21-23-17-6-4-3-5-16(17)20(27)24(21)12-11-18(25)28-2/h3-10,13H,11-12H2,1-2H3/t13-/m1/s1. The minimum atomic E-state index is -0.464. The molecule has 0 amide bonds. The number of ketones is 1. The molecule has 0 N–H and O–H groups in total.